The second-order valence-electron chi connectivity index (χ2n) is 12.6. The fraction of sp³-hybridized carbons (Fsp3) is 0.438. The Morgan fingerprint density at radius 1 is 0.925 bits per heavy atom. The predicted octanol–water partition coefficient (Wildman–Crippen LogP) is 4.68. The molecule has 0 radical (unpaired) electrons. The maximum absolute atomic E-state index is 13.8. The number of fused-ring (bicyclic) bond motifs is 1. The first-order chi connectivity index (χ1) is 18.7. The van der Waals surface area contributed by atoms with Gasteiger partial charge in [0.05, 0.1) is 30.7 Å². The zero-order chi connectivity index (χ0) is 29.2. The fourth-order valence-corrected chi connectivity index (χ4v) is 4.95. The van der Waals surface area contributed by atoms with Crippen LogP contribution in [0.1, 0.15) is 86.4 Å². The molecule has 1 aliphatic heterocycles. The number of amides is 2. The topological polar surface area (TPSA) is 105 Å². The molecule has 0 saturated carbocycles. The molecule has 8 heteroatoms. The third-order valence-corrected chi connectivity index (χ3v) is 7.49. The quantitative estimate of drug-likeness (QED) is 0.449. The summed E-state index contributed by atoms with van der Waals surface area (Å²) in [6.45, 7) is 13.7. The monoisotopic (exact) mass is 544 g/mol. The number of nitrogens with one attached hydrogen (secondary N) is 1. The lowest BCUT2D eigenvalue weighted by Gasteiger charge is -2.35. The standard InChI is InChI=1S/C32H40N4O4/c1-31(2,3)23-11-7-21(8-12-23)18-35-20-34-25-17-26(29(39)33-16-15-28(37)38)36(19-27(25)35)30(40)22-9-13-24(14-10-22)32(4,5)6/h7-14,20,26H,15-19H2,1-6H3,(H,33,39)(H,37,38). The van der Waals surface area contributed by atoms with Gasteiger partial charge in [0.25, 0.3) is 5.91 Å². The van der Waals surface area contributed by atoms with Crippen LogP contribution in [-0.2, 0) is 39.9 Å². The molecule has 0 spiro atoms. The first-order valence-electron chi connectivity index (χ1n) is 13.8. The van der Waals surface area contributed by atoms with E-state index < -0.39 is 12.0 Å². The molecular formula is C32H40N4O4. The Labute approximate surface area is 236 Å². The summed E-state index contributed by atoms with van der Waals surface area (Å²) < 4.78 is 2.04. The fourth-order valence-electron chi connectivity index (χ4n) is 4.95. The maximum atomic E-state index is 13.8. The lowest BCUT2D eigenvalue weighted by atomic mass is 9.86. The highest BCUT2D eigenvalue weighted by molar-refractivity contribution is 5.98. The van der Waals surface area contributed by atoms with Gasteiger partial charge in [-0.2, -0.15) is 0 Å². The molecule has 2 N–H and O–H groups in total. The average Bonchev–Trinajstić information content (AvgIpc) is 3.28. The van der Waals surface area contributed by atoms with E-state index in [-0.39, 0.29) is 48.6 Å². The first-order valence-corrected chi connectivity index (χ1v) is 13.8. The second-order valence-corrected chi connectivity index (χ2v) is 12.6. The highest BCUT2D eigenvalue weighted by atomic mass is 16.4. The van der Waals surface area contributed by atoms with Gasteiger partial charge in [-0.1, -0.05) is 77.9 Å². The molecule has 1 unspecified atom stereocenters. The summed E-state index contributed by atoms with van der Waals surface area (Å²) in [7, 11) is 0. The molecule has 40 heavy (non-hydrogen) atoms. The van der Waals surface area contributed by atoms with E-state index in [0.717, 1.165) is 22.5 Å². The number of carboxylic acids is 1. The van der Waals surface area contributed by atoms with E-state index in [2.05, 4.69) is 76.1 Å². The molecule has 0 bridgehead atoms. The van der Waals surface area contributed by atoms with Crippen LogP contribution in [0.4, 0.5) is 0 Å². The van der Waals surface area contributed by atoms with Crippen LogP contribution in [0.2, 0.25) is 0 Å². The van der Waals surface area contributed by atoms with Crippen molar-refractivity contribution in [1.29, 1.82) is 0 Å². The van der Waals surface area contributed by atoms with Crippen LogP contribution in [0.3, 0.4) is 0 Å². The molecule has 4 rings (SSSR count). The van der Waals surface area contributed by atoms with E-state index in [9.17, 15) is 14.4 Å². The van der Waals surface area contributed by atoms with Crippen molar-refractivity contribution in [2.45, 2.75) is 84.3 Å². The summed E-state index contributed by atoms with van der Waals surface area (Å²) in [5, 5.41) is 11.7. The summed E-state index contributed by atoms with van der Waals surface area (Å²) in [5.41, 5.74) is 5.69. The molecule has 1 atom stereocenters. The zero-order valence-electron chi connectivity index (χ0n) is 24.3. The molecular weight excluding hydrogens is 504 g/mol. The number of aromatic nitrogens is 2. The minimum absolute atomic E-state index is 0.00116. The Morgan fingerprint density at radius 3 is 2.05 bits per heavy atom. The van der Waals surface area contributed by atoms with Gasteiger partial charge in [0.2, 0.25) is 5.91 Å². The molecule has 1 aromatic heterocycles. The number of benzene rings is 2. The van der Waals surface area contributed by atoms with Crippen LogP contribution in [0.15, 0.2) is 54.9 Å². The molecule has 0 aliphatic carbocycles. The van der Waals surface area contributed by atoms with Crippen molar-refractivity contribution in [3.8, 4) is 0 Å². The average molecular weight is 545 g/mol. The van der Waals surface area contributed by atoms with Gasteiger partial charge in [0.1, 0.15) is 6.04 Å². The minimum Gasteiger partial charge on any atom is -0.481 e. The highest BCUT2D eigenvalue weighted by Crippen LogP contribution is 2.28. The van der Waals surface area contributed by atoms with Crippen molar-refractivity contribution in [3.63, 3.8) is 0 Å². The molecule has 2 amide bonds. The number of hydrogen-bond donors (Lipinski definition) is 2. The number of hydrogen-bond acceptors (Lipinski definition) is 4. The van der Waals surface area contributed by atoms with E-state index in [4.69, 9.17) is 5.11 Å². The summed E-state index contributed by atoms with van der Waals surface area (Å²) in [4.78, 5) is 44.2. The van der Waals surface area contributed by atoms with Gasteiger partial charge < -0.3 is 19.9 Å². The number of carbonyl (C=O) groups is 3. The van der Waals surface area contributed by atoms with E-state index in [1.165, 1.54) is 5.56 Å². The van der Waals surface area contributed by atoms with Gasteiger partial charge in [-0.05, 0) is 39.7 Å². The van der Waals surface area contributed by atoms with Crippen LogP contribution in [0.5, 0.6) is 0 Å². The first kappa shape index (κ1) is 29.1. The van der Waals surface area contributed by atoms with E-state index in [1.54, 1.807) is 11.2 Å². The van der Waals surface area contributed by atoms with Crippen molar-refractivity contribution in [1.82, 2.24) is 19.8 Å². The number of carboxylic acid groups (broad SMARTS) is 1. The molecule has 2 aromatic carbocycles. The predicted molar refractivity (Wildman–Crippen MR) is 154 cm³/mol. The van der Waals surface area contributed by atoms with E-state index in [0.29, 0.717) is 12.1 Å². The Balaban J connectivity index is 1.61. The normalized spacial score (nSPS) is 15.4. The van der Waals surface area contributed by atoms with Crippen molar-refractivity contribution >= 4 is 17.8 Å². The highest BCUT2D eigenvalue weighted by Gasteiger charge is 2.37. The Kier molecular flexibility index (Phi) is 8.19. The lowest BCUT2D eigenvalue weighted by molar-refractivity contribution is -0.137. The number of aliphatic carboxylic acids is 1. The van der Waals surface area contributed by atoms with Gasteiger partial charge >= 0.3 is 5.97 Å². The van der Waals surface area contributed by atoms with E-state index in [1.807, 2.05) is 28.8 Å². The summed E-state index contributed by atoms with van der Waals surface area (Å²) in [5.74, 6) is -1.61. The maximum Gasteiger partial charge on any atom is 0.305 e. The summed E-state index contributed by atoms with van der Waals surface area (Å²) in [6, 6.07) is 15.3. The van der Waals surface area contributed by atoms with Gasteiger partial charge in [-0.3, -0.25) is 14.4 Å². The number of nitrogens with zero attached hydrogens (tertiary/aromatic N) is 3. The third-order valence-electron chi connectivity index (χ3n) is 7.49. The largest absolute Gasteiger partial charge is 0.481 e. The lowest BCUT2D eigenvalue weighted by Crippen LogP contribution is -2.53. The van der Waals surface area contributed by atoms with Gasteiger partial charge in [0, 0.05) is 25.1 Å². The molecule has 1 aliphatic rings. The molecule has 212 valence electrons. The van der Waals surface area contributed by atoms with Crippen molar-refractivity contribution in [3.05, 3.63) is 88.5 Å². The Bertz CT molecular complexity index is 1380. The van der Waals surface area contributed by atoms with Crippen LogP contribution < -0.4 is 5.32 Å². The Hall–Kier alpha value is -3.94. The Morgan fingerprint density at radius 2 is 1.50 bits per heavy atom. The van der Waals surface area contributed by atoms with Crippen LogP contribution in [0, 0.1) is 0 Å². The number of imidazole rings is 1. The molecule has 0 fully saturated rings. The van der Waals surface area contributed by atoms with Crippen molar-refractivity contribution in [2.24, 2.45) is 0 Å². The van der Waals surface area contributed by atoms with E-state index >= 15 is 0 Å². The SMILES string of the molecule is CC(C)(C)c1ccc(Cn2cnc3c2CN(C(=O)c2ccc(C(C)(C)C)cc2)C(C(=O)NCCC(=O)O)C3)cc1. The van der Waals surface area contributed by atoms with Crippen LogP contribution in [-0.4, -0.2) is 49.9 Å². The second kappa shape index (κ2) is 11.3. The van der Waals surface area contributed by atoms with Crippen LogP contribution in [0.25, 0.3) is 0 Å². The van der Waals surface area contributed by atoms with Crippen molar-refractivity contribution < 1.29 is 19.5 Å². The van der Waals surface area contributed by atoms with Gasteiger partial charge in [-0.25, -0.2) is 4.98 Å². The molecule has 3 aromatic rings. The number of rotatable bonds is 7. The van der Waals surface area contributed by atoms with Gasteiger partial charge in [-0.15, -0.1) is 0 Å². The van der Waals surface area contributed by atoms with Gasteiger partial charge in [0.15, 0.2) is 0 Å². The molecule has 0 saturated heterocycles. The molecule has 8 nitrogen and oxygen atoms in total. The minimum atomic E-state index is -0.993. The third kappa shape index (κ3) is 6.61. The molecule has 2 heterocycles. The van der Waals surface area contributed by atoms with Crippen LogP contribution >= 0.6 is 0 Å². The summed E-state index contributed by atoms with van der Waals surface area (Å²) >= 11 is 0. The summed E-state index contributed by atoms with van der Waals surface area (Å²) in [6.07, 6.45) is 1.85. The zero-order valence-corrected chi connectivity index (χ0v) is 24.3. The number of carbonyl (C=O) groups excluding carboxylic acids is 2. The smallest absolute Gasteiger partial charge is 0.305 e. The van der Waals surface area contributed by atoms with Crippen molar-refractivity contribution in [2.75, 3.05) is 6.54 Å².